The lowest BCUT2D eigenvalue weighted by molar-refractivity contribution is -0.152. The molecule has 1 aliphatic heterocycles. The number of allylic oxidation sites excluding steroid dienone is 3. The van der Waals surface area contributed by atoms with E-state index in [1.165, 1.54) is 0 Å². The van der Waals surface area contributed by atoms with Crippen LogP contribution in [0.15, 0.2) is 71.1 Å². The van der Waals surface area contributed by atoms with Crippen LogP contribution in [0.1, 0.15) is 55.7 Å². The Morgan fingerprint density at radius 3 is 2.41 bits per heavy atom. The molecule has 0 aromatic heterocycles. The third-order valence-electron chi connectivity index (χ3n) is 7.08. The number of ketones is 1. The van der Waals surface area contributed by atoms with E-state index in [1.807, 2.05) is 62.4 Å². The van der Waals surface area contributed by atoms with E-state index in [1.54, 1.807) is 21.0 Å². The van der Waals surface area contributed by atoms with E-state index in [2.05, 4.69) is 5.32 Å². The van der Waals surface area contributed by atoms with Gasteiger partial charge in [-0.15, -0.1) is 0 Å². The van der Waals surface area contributed by atoms with E-state index in [-0.39, 0.29) is 19.0 Å². The highest BCUT2D eigenvalue weighted by atomic mass is 16.5. The lowest BCUT2D eigenvalue weighted by atomic mass is 9.66. The van der Waals surface area contributed by atoms with E-state index < -0.39 is 29.7 Å². The van der Waals surface area contributed by atoms with Crippen molar-refractivity contribution in [3.63, 3.8) is 0 Å². The summed E-state index contributed by atoms with van der Waals surface area (Å²) in [5.74, 6) is -2.93. The number of methoxy groups -OCH3 is 1. The molecule has 1 aliphatic carbocycles. The molecule has 0 spiro atoms. The molecule has 2 aromatic carbocycles. The van der Waals surface area contributed by atoms with Gasteiger partial charge in [0.05, 0.1) is 25.9 Å². The van der Waals surface area contributed by atoms with Crippen LogP contribution in [0, 0.1) is 12.8 Å². The maximum absolute atomic E-state index is 14.3. The molecule has 0 bridgehead atoms. The Labute approximate surface area is 217 Å². The predicted octanol–water partition coefficient (Wildman–Crippen LogP) is 4.72. The summed E-state index contributed by atoms with van der Waals surface area (Å²) in [5, 5.41) is 3.33. The van der Waals surface area contributed by atoms with Gasteiger partial charge in [0.25, 0.3) is 0 Å². The Balaban J connectivity index is 1.91. The van der Waals surface area contributed by atoms with Gasteiger partial charge in [-0.25, -0.2) is 4.79 Å². The SMILES string of the molecule is CCOC(=O)C1=C(C)NC2=C(C(=O)C(C(=O)OCC)C(c3cccc(OC)c3)C2)C1c1ccccc1C. The lowest BCUT2D eigenvalue weighted by Gasteiger charge is -2.39. The van der Waals surface area contributed by atoms with Crippen LogP contribution in [0.2, 0.25) is 0 Å². The van der Waals surface area contributed by atoms with Crippen molar-refractivity contribution >= 4 is 17.7 Å². The van der Waals surface area contributed by atoms with Gasteiger partial charge < -0.3 is 19.5 Å². The van der Waals surface area contributed by atoms with E-state index in [0.717, 1.165) is 16.7 Å². The zero-order chi connectivity index (χ0) is 26.7. The summed E-state index contributed by atoms with van der Waals surface area (Å²) >= 11 is 0. The molecule has 1 N–H and O–H groups in total. The molecule has 0 radical (unpaired) electrons. The quantitative estimate of drug-likeness (QED) is 0.432. The van der Waals surface area contributed by atoms with Gasteiger partial charge in [0.1, 0.15) is 11.7 Å². The van der Waals surface area contributed by atoms with Crippen molar-refractivity contribution in [2.45, 2.75) is 46.0 Å². The molecule has 3 atom stereocenters. The maximum Gasteiger partial charge on any atom is 0.336 e. The molecule has 7 nitrogen and oxygen atoms in total. The fourth-order valence-electron chi connectivity index (χ4n) is 5.42. The normalized spacial score (nSPS) is 21.2. The molecule has 7 heteroatoms. The molecule has 2 aromatic rings. The van der Waals surface area contributed by atoms with Crippen molar-refractivity contribution in [1.82, 2.24) is 5.32 Å². The standard InChI is InChI=1S/C30H33NO6/c1-6-36-29(33)24-18(4)31-23-16-22(19-12-10-13-20(15-19)35-5)26(30(34)37-7-2)28(32)27(23)25(24)21-14-9-8-11-17(21)3/h8-15,22,25-26,31H,6-7,16H2,1-5H3. The summed E-state index contributed by atoms with van der Waals surface area (Å²) in [4.78, 5) is 40.8. The number of ether oxygens (including phenoxy) is 3. The highest BCUT2D eigenvalue weighted by Crippen LogP contribution is 2.49. The van der Waals surface area contributed by atoms with Crippen molar-refractivity contribution in [2.24, 2.45) is 5.92 Å². The minimum Gasteiger partial charge on any atom is -0.497 e. The smallest absolute Gasteiger partial charge is 0.336 e. The van der Waals surface area contributed by atoms with Gasteiger partial charge in [0, 0.05) is 28.8 Å². The first-order valence-corrected chi connectivity index (χ1v) is 12.6. The maximum atomic E-state index is 14.3. The number of carbonyl (C=O) groups is 3. The topological polar surface area (TPSA) is 90.9 Å². The molecule has 0 fully saturated rings. The first kappa shape index (κ1) is 26.2. The largest absolute Gasteiger partial charge is 0.497 e. The molecule has 0 saturated heterocycles. The van der Waals surface area contributed by atoms with Crippen molar-refractivity contribution in [3.05, 3.63) is 87.8 Å². The number of hydrogen-bond acceptors (Lipinski definition) is 7. The highest BCUT2D eigenvalue weighted by molar-refractivity contribution is 6.13. The third-order valence-corrected chi connectivity index (χ3v) is 7.08. The van der Waals surface area contributed by atoms with E-state index in [9.17, 15) is 14.4 Å². The van der Waals surface area contributed by atoms with Gasteiger partial charge >= 0.3 is 11.9 Å². The first-order valence-electron chi connectivity index (χ1n) is 12.6. The molecular weight excluding hydrogens is 470 g/mol. The number of nitrogens with one attached hydrogen (secondary N) is 1. The fourth-order valence-corrected chi connectivity index (χ4v) is 5.42. The lowest BCUT2D eigenvalue weighted by Crippen LogP contribution is -2.43. The molecule has 0 saturated carbocycles. The second-order valence-corrected chi connectivity index (χ2v) is 9.25. The van der Waals surface area contributed by atoms with Crippen LogP contribution in [-0.4, -0.2) is 38.0 Å². The van der Waals surface area contributed by atoms with Crippen LogP contribution in [-0.2, 0) is 23.9 Å². The number of esters is 2. The average Bonchev–Trinajstić information content (AvgIpc) is 2.88. The summed E-state index contributed by atoms with van der Waals surface area (Å²) in [6, 6.07) is 15.1. The van der Waals surface area contributed by atoms with Crippen LogP contribution >= 0.6 is 0 Å². The molecule has 1 heterocycles. The Bertz CT molecular complexity index is 1290. The molecule has 0 amide bonds. The van der Waals surface area contributed by atoms with Gasteiger partial charge in [-0.05, 0) is 62.9 Å². The first-order chi connectivity index (χ1) is 17.8. The summed E-state index contributed by atoms with van der Waals surface area (Å²) in [5.41, 5.74) is 4.71. The summed E-state index contributed by atoms with van der Waals surface area (Å²) < 4.78 is 16.2. The van der Waals surface area contributed by atoms with E-state index >= 15 is 0 Å². The van der Waals surface area contributed by atoms with Crippen LogP contribution in [0.3, 0.4) is 0 Å². The number of benzene rings is 2. The Kier molecular flexibility index (Phi) is 7.81. The van der Waals surface area contributed by atoms with Crippen LogP contribution < -0.4 is 10.1 Å². The predicted molar refractivity (Wildman–Crippen MR) is 139 cm³/mol. The Morgan fingerprint density at radius 2 is 1.73 bits per heavy atom. The zero-order valence-corrected chi connectivity index (χ0v) is 21.9. The second kappa shape index (κ2) is 11.0. The van der Waals surface area contributed by atoms with Gasteiger partial charge in [-0.3, -0.25) is 9.59 Å². The summed E-state index contributed by atoms with van der Waals surface area (Å²) in [6.45, 7) is 7.61. The molecule has 4 rings (SSSR count). The molecule has 2 aliphatic rings. The monoisotopic (exact) mass is 503 g/mol. The number of rotatable bonds is 7. The van der Waals surface area contributed by atoms with Gasteiger partial charge in [-0.2, -0.15) is 0 Å². The number of aryl methyl sites for hydroxylation is 1. The molecule has 3 unspecified atom stereocenters. The highest BCUT2D eigenvalue weighted by Gasteiger charge is 2.49. The zero-order valence-electron chi connectivity index (χ0n) is 21.9. The van der Waals surface area contributed by atoms with Crippen molar-refractivity contribution in [1.29, 1.82) is 0 Å². The summed E-state index contributed by atoms with van der Waals surface area (Å²) in [7, 11) is 1.58. The van der Waals surface area contributed by atoms with Crippen molar-refractivity contribution in [2.75, 3.05) is 20.3 Å². The summed E-state index contributed by atoms with van der Waals surface area (Å²) in [6.07, 6.45) is 0.396. The van der Waals surface area contributed by atoms with Gasteiger partial charge in [-0.1, -0.05) is 36.4 Å². The second-order valence-electron chi connectivity index (χ2n) is 9.25. The average molecular weight is 504 g/mol. The van der Waals surface area contributed by atoms with Crippen LogP contribution in [0.5, 0.6) is 5.75 Å². The van der Waals surface area contributed by atoms with E-state index in [4.69, 9.17) is 14.2 Å². The van der Waals surface area contributed by atoms with Crippen LogP contribution in [0.4, 0.5) is 0 Å². The molecule has 194 valence electrons. The minimum absolute atomic E-state index is 0.159. The van der Waals surface area contributed by atoms with Crippen molar-refractivity contribution in [3.8, 4) is 5.75 Å². The van der Waals surface area contributed by atoms with Crippen molar-refractivity contribution < 1.29 is 28.6 Å². The molecule has 37 heavy (non-hydrogen) atoms. The molecular formula is C30H33NO6. The van der Waals surface area contributed by atoms with Crippen LogP contribution in [0.25, 0.3) is 0 Å². The number of hydrogen-bond donors (Lipinski definition) is 1. The Morgan fingerprint density at radius 1 is 1.00 bits per heavy atom. The number of carbonyl (C=O) groups excluding carboxylic acids is 3. The van der Waals surface area contributed by atoms with Gasteiger partial charge in [0.2, 0.25) is 0 Å². The fraction of sp³-hybridized carbons (Fsp3) is 0.367. The third kappa shape index (κ3) is 4.90. The number of dihydropyridines is 1. The Hall–Kier alpha value is -3.87. The number of Topliss-reactive ketones (excluding diaryl/α,β-unsaturated/α-hetero) is 1. The van der Waals surface area contributed by atoms with E-state index in [0.29, 0.717) is 34.7 Å². The minimum atomic E-state index is -1.05. The van der Waals surface area contributed by atoms with Gasteiger partial charge in [0.15, 0.2) is 5.78 Å².